The van der Waals surface area contributed by atoms with Crippen molar-refractivity contribution < 1.29 is 22.8 Å². The minimum atomic E-state index is -4.39. The zero-order chi connectivity index (χ0) is 22.4. The van der Waals surface area contributed by atoms with Gasteiger partial charge < -0.3 is 4.90 Å². The van der Waals surface area contributed by atoms with Crippen molar-refractivity contribution in [1.82, 2.24) is 9.88 Å². The Balaban J connectivity index is 1.56. The molecule has 9 heteroatoms. The number of urea groups is 1. The second-order valence-electron chi connectivity index (χ2n) is 8.34. The normalized spacial score (nSPS) is 17.9. The van der Waals surface area contributed by atoms with Gasteiger partial charge in [-0.05, 0) is 78.9 Å². The van der Waals surface area contributed by atoms with Crippen molar-refractivity contribution in [1.29, 1.82) is 0 Å². The Labute approximate surface area is 182 Å². The minimum Gasteiger partial charge on any atom is -0.305 e. The van der Waals surface area contributed by atoms with Crippen LogP contribution in [0.25, 0.3) is 0 Å². The Bertz CT molecular complexity index is 1000. The largest absolute Gasteiger partial charge is 0.446 e. The van der Waals surface area contributed by atoms with Crippen LogP contribution in [0.1, 0.15) is 37.9 Å². The number of carbonyl (C=O) groups is 2. The number of rotatable bonds is 6. The van der Waals surface area contributed by atoms with Crippen LogP contribution in [-0.2, 0) is 17.8 Å². The first-order valence-corrected chi connectivity index (χ1v) is 10.9. The molecule has 0 atom stereocenters. The summed E-state index contributed by atoms with van der Waals surface area (Å²) in [6.45, 7) is 4.50. The average Bonchev–Trinajstić information content (AvgIpc) is 3.44. The van der Waals surface area contributed by atoms with E-state index in [0.29, 0.717) is 18.8 Å². The molecule has 1 saturated heterocycles. The molecule has 0 radical (unpaired) electrons. The highest BCUT2D eigenvalue weighted by molar-refractivity contribution is 8.00. The molecular weight excluding hydrogens is 427 g/mol. The van der Waals surface area contributed by atoms with Crippen molar-refractivity contribution in [3.05, 3.63) is 53.9 Å². The van der Waals surface area contributed by atoms with E-state index in [4.69, 9.17) is 0 Å². The van der Waals surface area contributed by atoms with Crippen molar-refractivity contribution in [3.63, 3.8) is 0 Å². The SMILES string of the molecule is CC(C)Cc1cc(CN2C(=O)N(c3ccc(SC(F)(F)F)cc3)C(=O)C23CC3)ccn1. The number of imide groups is 1. The molecule has 164 valence electrons. The first kappa shape index (κ1) is 21.7. The number of hydrogen-bond acceptors (Lipinski definition) is 4. The number of carbonyl (C=O) groups excluding carboxylic acids is 2. The van der Waals surface area contributed by atoms with Crippen molar-refractivity contribution in [2.45, 2.75) is 55.6 Å². The third-order valence-corrected chi connectivity index (χ3v) is 6.17. The summed E-state index contributed by atoms with van der Waals surface area (Å²) in [5.74, 6) is 0.131. The number of alkyl halides is 3. The van der Waals surface area contributed by atoms with Crippen molar-refractivity contribution in [2.75, 3.05) is 4.90 Å². The van der Waals surface area contributed by atoms with E-state index in [-0.39, 0.29) is 34.8 Å². The van der Waals surface area contributed by atoms with Gasteiger partial charge in [0.25, 0.3) is 5.91 Å². The first-order chi connectivity index (χ1) is 14.6. The van der Waals surface area contributed by atoms with Crippen LogP contribution in [0.3, 0.4) is 0 Å². The van der Waals surface area contributed by atoms with Gasteiger partial charge in [-0.1, -0.05) is 13.8 Å². The molecule has 2 aromatic rings. The maximum Gasteiger partial charge on any atom is 0.446 e. The van der Waals surface area contributed by atoms with E-state index in [0.717, 1.165) is 22.6 Å². The third kappa shape index (κ3) is 4.42. The topological polar surface area (TPSA) is 53.5 Å². The molecule has 2 fully saturated rings. The molecule has 2 aliphatic rings. The lowest BCUT2D eigenvalue weighted by molar-refractivity contribution is -0.120. The van der Waals surface area contributed by atoms with E-state index in [1.54, 1.807) is 11.1 Å². The second kappa shape index (κ2) is 7.85. The highest BCUT2D eigenvalue weighted by Gasteiger charge is 2.65. The van der Waals surface area contributed by atoms with Gasteiger partial charge in [0.15, 0.2) is 0 Å². The molecule has 0 bridgehead atoms. The van der Waals surface area contributed by atoms with Crippen LogP contribution in [0.4, 0.5) is 23.7 Å². The summed E-state index contributed by atoms with van der Waals surface area (Å²) in [7, 11) is 0. The molecule has 1 saturated carbocycles. The number of amides is 3. The molecule has 1 aliphatic carbocycles. The summed E-state index contributed by atoms with van der Waals surface area (Å²) in [5, 5.41) is 0. The van der Waals surface area contributed by atoms with E-state index < -0.39 is 17.1 Å². The van der Waals surface area contributed by atoms with Crippen LogP contribution in [0.2, 0.25) is 0 Å². The maximum absolute atomic E-state index is 13.2. The number of thioether (sulfide) groups is 1. The van der Waals surface area contributed by atoms with Gasteiger partial charge in [-0.3, -0.25) is 9.78 Å². The van der Waals surface area contributed by atoms with Crippen LogP contribution in [0, 0.1) is 5.92 Å². The minimum absolute atomic E-state index is 0.00260. The fraction of sp³-hybridized carbons (Fsp3) is 0.409. The molecule has 1 aromatic heterocycles. The molecule has 2 heterocycles. The molecule has 31 heavy (non-hydrogen) atoms. The first-order valence-electron chi connectivity index (χ1n) is 10.0. The zero-order valence-corrected chi connectivity index (χ0v) is 18.0. The molecule has 0 unspecified atom stereocenters. The monoisotopic (exact) mass is 449 g/mol. The fourth-order valence-electron chi connectivity index (χ4n) is 3.90. The molecule has 1 aromatic carbocycles. The van der Waals surface area contributed by atoms with Crippen LogP contribution < -0.4 is 4.90 Å². The molecule has 4 rings (SSSR count). The summed E-state index contributed by atoms with van der Waals surface area (Å²) in [5.41, 5.74) is -3.13. The summed E-state index contributed by atoms with van der Waals surface area (Å²) in [6.07, 6.45) is 3.70. The molecule has 1 aliphatic heterocycles. The lowest BCUT2D eigenvalue weighted by Crippen LogP contribution is -2.36. The molecule has 0 N–H and O–H groups in total. The highest BCUT2D eigenvalue weighted by atomic mass is 32.2. The van der Waals surface area contributed by atoms with E-state index in [2.05, 4.69) is 18.8 Å². The van der Waals surface area contributed by atoms with E-state index in [1.165, 1.54) is 24.3 Å². The number of hydrogen-bond donors (Lipinski definition) is 0. The van der Waals surface area contributed by atoms with Gasteiger partial charge in [0.05, 0.1) is 5.69 Å². The quantitative estimate of drug-likeness (QED) is 0.438. The van der Waals surface area contributed by atoms with E-state index in [9.17, 15) is 22.8 Å². The Morgan fingerprint density at radius 2 is 1.81 bits per heavy atom. The van der Waals surface area contributed by atoms with Crippen LogP contribution in [-0.4, -0.2) is 32.9 Å². The van der Waals surface area contributed by atoms with Crippen LogP contribution in [0.5, 0.6) is 0 Å². The molecule has 5 nitrogen and oxygen atoms in total. The number of pyridine rings is 1. The van der Waals surface area contributed by atoms with Crippen LogP contribution >= 0.6 is 11.8 Å². The van der Waals surface area contributed by atoms with Crippen molar-refractivity contribution >= 4 is 29.4 Å². The van der Waals surface area contributed by atoms with Gasteiger partial charge in [-0.25, -0.2) is 9.69 Å². The van der Waals surface area contributed by atoms with Gasteiger partial charge in [0.2, 0.25) is 0 Å². The van der Waals surface area contributed by atoms with Crippen molar-refractivity contribution in [2.24, 2.45) is 5.92 Å². The molecule has 3 amide bonds. The van der Waals surface area contributed by atoms with Gasteiger partial charge in [0.1, 0.15) is 5.54 Å². The summed E-state index contributed by atoms with van der Waals surface area (Å²) in [4.78, 5) is 33.3. The summed E-state index contributed by atoms with van der Waals surface area (Å²) < 4.78 is 37.7. The molecule has 1 spiro atoms. The summed E-state index contributed by atoms with van der Waals surface area (Å²) >= 11 is -0.231. The second-order valence-corrected chi connectivity index (χ2v) is 9.47. The Morgan fingerprint density at radius 1 is 1.13 bits per heavy atom. The number of benzene rings is 1. The zero-order valence-electron chi connectivity index (χ0n) is 17.1. The smallest absolute Gasteiger partial charge is 0.305 e. The van der Waals surface area contributed by atoms with Gasteiger partial charge in [-0.15, -0.1) is 0 Å². The van der Waals surface area contributed by atoms with E-state index in [1.807, 2.05) is 12.1 Å². The van der Waals surface area contributed by atoms with Gasteiger partial charge in [-0.2, -0.15) is 13.2 Å². The van der Waals surface area contributed by atoms with Gasteiger partial charge in [0, 0.05) is 23.3 Å². The Hall–Kier alpha value is -2.55. The maximum atomic E-state index is 13.2. The predicted molar refractivity (Wildman–Crippen MR) is 112 cm³/mol. The number of nitrogens with zero attached hydrogens (tertiary/aromatic N) is 3. The van der Waals surface area contributed by atoms with E-state index >= 15 is 0 Å². The standard InChI is InChI=1S/C22H22F3N3O2S/c1-14(2)11-16-12-15(7-10-26-16)13-27-20(30)28(19(29)21(27)8-9-21)17-3-5-18(6-4-17)31-22(23,24)25/h3-7,10,12,14H,8-9,11,13H2,1-2H3. The molecular formula is C22H22F3N3O2S. The highest BCUT2D eigenvalue weighted by Crippen LogP contribution is 2.50. The fourth-order valence-corrected chi connectivity index (χ4v) is 4.44. The lowest BCUT2D eigenvalue weighted by Gasteiger charge is -2.21. The van der Waals surface area contributed by atoms with Crippen molar-refractivity contribution in [3.8, 4) is 0 Å². The van der Waals surface area contributed by atoms with Gasteiger partial charge >= 0.3 is 11.5 Å². The average molecular weight is 449 g/mol. The lowest BCUT2D eigenvalue weighted by atomic mass is 10.1. The Morgan fingerprint density at radius 3 is 2.39 bits per heavy atom. The third-order valence-electron chi connectivity index (χ3n) is 5.43. The Kier molecular flexibility index (Phi) is 5.49. The number of halogens is 3. The number of anilines is 1. The predicted octanol–water partition coefficient (Wildman–Crippen LogP) is 5.39. The van der Waals surface area contributed by atoms with Crippen LogP contribution in [0.15, 0.2) is 47.5 Å². The number of aromatic nitrogens is 1. The summed E-state index contributed by atoms with van der Waals surface area (Å²) in [6, 6.07) is 8.67.